The van der Waals surface area contributed by atoms with Gasteiger partial charge in [0.15, 0.2) is 21.4 Å². The molecule has 3 heterocycles. The molecule has 3 rings (SSSR count). The Kier molecular flexibility index (Phi) is 5.24. The minimum absolute atomic E-state index is 0.0707. The first kappa shape index (κ1) is 21.3. The van der Waals surface area contributed by atoms with E-state index in [1.165, 1.54) is 30.8 Å². The molecule has 0 aromatic carbocycles. The SMILES string of the molecule is CCS(=O)(=O)c1cc(Br)cnc1-c1nc2cc(C(F)(F)F)n(OC)c(=O)c2n1C. The van der Waals surface area contributed by atoms with Crippen LogP contribution in [0.3, 0.4) is 0 Å². The maximum atomic E-state index is 13.3. The summed E-state index contributed by atoms with van der Waals surface area (Å²) in [5.74, 6) is -0.296. The summed E-state index contributed by atoms with van der Waals surface area (Å²) in [4.78, 5) is 25.2. The van der Waals surface area contributed by atoms with E-state index < -0.39 is 27.3 Å². The molecule has 0 aliphatic rings. The number of fused-ring (bicyclic) bond motifs is 1. The number of pyridine rings is 2. The van der Waals surface area contributed by atoms with Crippen molar-refractivity contribution in [3.8, 4) is 11.5 Å². The average Bonchev–Trinajstić information content (AvgIpc) is 2.97. The van der Waals surface area contributed by atoms with Gasteiger partial charge in [0.1, 0.15) is 18.3 Å². The molecule has 0 aliphatic carbocycles. The van der Waals surface area contributed by atoms with Gasteiger partial charge in [0.25, 0.3) is 0 Å². The lowest BCUT2D eigenvalue weighted by atomic mass is 10.3. The van der Waals surface area contributed by atoms with E-state index >= 15 is 0 Å². The summed E-state index contributed by atoms with van der Waals surface area (Å²) in [7, 11) is -1.43. The maximum absolute atomic E-state index is 13.3. The molecule has 13 heteroatoms. The second kappa shape index (κ2) is 7.13. The fraction of sp³-hybridized carbons (Fsp3) is 0.312. The van der Waals surface area contributed by atoms with Crippen molar-refractivity contribution in [1.29, 1.82) is 0 Å². The third kappa shape index (κ3) is 3.52. The number of hydrogen-bond donors (Lipinski definition) is 0. The smallest absolute Gasteiger partial charge is 0.413 e. The molecule has 3 aromatic heterocycles. The molecule has 0 atom stereocenters. The van der Waals surface area contributed by atoms with Crippen molar-refractivity contribution < 1.29 is 26.4 Å². The van der Waals surface area contributed by atoms with Crippen LogP contribution in [0.4, 0.5) is 13.2 Å². The van der Waals surface area contributed by atoms with E-state index in [1.54, 1.807) is 0 Å². The van der Waals surface area contributed by atoms with Gasteiger partial charge < -0.3 is 9.40 Å². The number of imidazole rings is 1. The van der Waals surface area contributed by atoms with E-state index in [-0.39, 0.29) is 37.9 Å². The molecule has 0 fully saturated rings. The van der Waals surface area contributed by atoms with E-state index in [0.717, 1.165) is 7.11 Å². The highest BCUT2D eigenvalue weighted by atomic mass is 79.9. The number of rotatable bonds is 4. The molecule has 0 bridgehead atoms. The van der Waals surface area contributed by atoms with Crippen LogP contribution in [0.2, 0.25) is 0 Å². The molecule has 0 saturated carbocycles. The van der Waals surface area contributed by atoms with Crippen LogP contribution in [0.15, 0.2) is 32.5 Å². The van der Waals surface area contributed by atoms with E-state index in [1.807, 2.05) is 0 Å². The predicted molar refractivity (Wildman–Crippen MR) is 101 cm³/mol. The van der Waals surface area contributed by atoms with Gasteiger partial charge in [0, 0.05) is 17.7 Å². The van der Waals surface area contributed by atoms with Crippen molar-refractivity contribution in [1.82, 2.24) is 19.3 Å². The van der Waals surface area contributed by atoms with Crippen LogP contribution in [0.1, 0.15) is 12.6 Å². The number of halogens is 4. The van der Waals surface area contributed by atoms with Gasteiger partial charge in [-0.3, -0.25) is 9.78 Å². The molecular weight excluding hydrogens is 481 g/mol. The number of aryl methyl sites for hydroxylation is 1. The van der Waals surface area contributed by atoms with Gasteiger partial charge in [0.2, 0.25) is 0 Å². The Labute approximate surface area is 171 Å². The molecule has 29 heavy (non-hydrogen) atoms. The van der Waals surface area contributed by atoms with Crippen molar-refractivity contribution in [2.75, 3.05) is 12.9 Å². The van der Waals surface area contributed by atoms with Crippen molar-refractivity contribution in [3.63, 3.8) is 0 Å². The van der Waals surface area contributed by atoms with E-state index in [9.17, 15) is 26.4 Å². The summed E-state index contributed by atoms with van der Waals surface area (Å²) in [5.41, 5.74) is -2.97. The lowest BCUT2D eigenvalue weighted by Gasteiger charge is -2.13. The van der Waals surface area contributed by atoms with Crippen LogP contribution in [-0.4, -0.2) is 40.5 Å². The zero-order chi connectivity index (χ0) is 21.7. The van der Waals surface area contributed by atoms with Gasteiger partial charge in [-0.15, -0.1) is 4.73 Å². The molecule has 0 aliphatic heterocycles. The highest BCUT2D eigenvalue weighted by Crippen LogP contribution is 2.32. The quantitative estimate of drug-likeness (QED) is 0.552. The Morgan fingerprint density at radius 3 is 2.48 bits per heavy atom. The van der Waals surface area contributed by atoms with Gasteiger partial charge >= 0.3 is 11.7 Å². The zero-order valence-corrected chi connectivity index (χ0v) is 17.7. The highest BCUT2D eigenvalue weighted by Gasteiger charge is 2.37. The summed E-state index contributed by atoms with van der Waals surface area (Å²) < 4.78 is 66.6. The highest BCUT2D eigenvalue weighted by molar-refractivity contribution is 9.10. The van der Waals surface area contributed by atoms with Crippen molar-refractivity contribution in [2.24, 2.45) is 7.05 Å². The Bertz CT molecular complexity index is 1280. The van der Waals surface area contributed by atoms with Crippen LogP contribution < -0.4 is 10.4 Å². The summed E-state index contributed by atoms with van der Waals surface area (Å²) in [6.45, 7) is 1.45. The molecule has 3 aromatic rings. The number of aromatic nitrogens is 4. The zero-order valence-electron chi connectivity index (χ0n) is 15.3. The third-order valence-corrected chi connectivity index (χ3v) is 6.40. The van der Waals surface area contributed by atoms with Gasteiger partial charge in [-0.2, -0.15) is 13.2 Å². The molecule has 156 valence electrons. The van der Waals surface area contributed by atoms with Gasteiger partial charge in [0.05, 0.1) is 16.2 Å². The predicted octanol–water partition coefficient (Wildman–Crippen LogP) is 2.43. The summed E-state index contributed by atoms with van der Waals surface area (Å²) in [6.07, 6.45) is -3.54. The number of nitrogens with zero attached hydrogens (tertiary/aromatic N) is 4. The topological polar surface area (TPSA) is 96.1 Å². The van der Waals surface area contributed by atoms with E-state index in [0.29, 0.717) is 10.5 Å². The van der Waals surface area contributed by atoms with Crippen LogP contribution >= 0.6 is 15.9 Å². The molecule has 0 N–H and O–H groups in total. The second-order valence-corrected chi connectivity index (χ2v) is 9.10. The molecule has 0 amide bonds. The second-order valence-electron chi connectivity index (χ2n) is 5.94. The minimum atomic E-state index is -4.87. The molecule has 0 unspecified atom stereocenters. The number of hydrogen-bond acceptors (Lipinski definition) is 6. The standard InChI is InChI=1S/C16H14BrF3N4O4S/c1-4-29(26,27)10-5-8(17)7-21-12(10)14-22-9-6-11(16(18,19)20)24(28-3)15(25)13(9)23(14)2/h5-7H,4H2,1-3H3. The lowest BCUT2D eigenvalue weighted by Crippen LogP contribution is -2.32. The molecule has 0 spiro atoms. The molecule has 8 nitrogen and oxygen atoms in total. The van der Waals surface area contributed by atoms with E-state index in [4.69, 9.17) is 0 Å². The van der Waals surface area contributed by atoms with E-state index in [2.05, 4.69) is 30.7 Å². The first-order valence-corrected chi connectivity index (χ1v) is 10.5. The van der Waals surface area contributed by atoms with Crippen LogP contribution in [0.5, 0.6) is 0 Å². The largest absolute Gasteiger partial charge is 0.435 e. The third-order valence-electron chi connectivity index (χ3n) is 4.22. The molecule has 0 saturated heterocycles. The number of sulfone groups is 1. The monoisotopic (exact) mass is 494 g/mol. The summed E-state index contributed by atoms with van der Waals surface area (Å²) >= 11 is 3.16. The fourth-order valence-corrected chi connectivity index (χ4v) is 4.38. The summed E-state index contributed by atoms with van der Waals surface area (Å²) in [5, 5.41) is 0. The van der Waals surface area contributed by atoms with Crippen molar-refractivity contribution >= 4 is 36.8 Å². The van der Waals surface area contributed by atoms with Crippen molar-refractivity contribution in [2.45, 2.75) is 18.0 Å². The maximum Gasteiger partial charge on any atom is 0.435 e. The lowest BCUT2D eigenvalue weighted by molar-refractivity contribution is -0.151. The van der Waals surface area contributed by atoms with Gasteiger partial charge in [-0.1, -0.05) is 6.92 Å². The molecule has 0 radical (unpaired) electrons. The fourth-order valence-electron chi connectivity index (χ4n) is 2.84. The van der Waals surface area contributed by atoms with Gasteiger partial charge in [-0.05, 0) is 28.1 Å². The normalized spacial score (nSPS) is 12.5. The molecular formula is C16H14BrF3N4O4S. The Morgan fingerprint density at radius 1 is 1.28 bits per heavy atom. The Hall–Kier alpha value is -2.41. The van der Waals surface area contributed by atoms with Crippen LogP contribution in [0.25, 0.3) is 22.6 Å². The minimum Gasteiger partial charge on any atom is -0.413 e. The van der Waals surface area contributed by atoms with Gasteiger partial charge in [-0.25, -0.2) is 13.4 Å². The first-order valence-electron chi connectivity index (χ1n) is 8.05. The Morgan fingerprint density at radius 2 is 1.93 bits per heavy atom. The Balaban J connectivity index is 2.42. The first-order chi connectivity index (χ1) is 13.4. The van der Waals surface area contributed by atoms with Crippen LogP contribution in [-0.2, 0) is 23.1 Å². The average molecular weight is 495 g/mol. The summed E-state index contributed by atoms with van der Waals surface area (Å²) in [6, 6.07) is 1.99. The number of alkyl halides is 3. The van der Waals surface area contributed by atoms with Crippen molar-refractivity contribution in [3.05, 3.63) is 38.9 Å². The van der Waals surface area contributed by atoms with Crippen LogP contribution in [0, 0.1) is 0 Å².